The Morgan fingerprint density at radius 1 is 0.953 bits per heavy atom. The molecule has 0 unspecified atom stereocenters. The number of ether oxygens (including phenoxy) is 2. The van der Waals surface area contributed by atoms with Gasteiger partial charge in [-0.3, -0.25) is 25.5 Å². The first-order valence-corrected chi connectivity index (χ1v) is 14.9. The van der Waals surface area contributed by atoms with E-state index in [1.54, 1.807) is 38.2 Å². The Morgan fingerprint density at radius 2 is 1.60 bits per heavy atom. The molecule has 4 aromatic rings. The summed E-state index contributed by atoms with van der Waals surface area (Å²) in [4.78, 5) is 41.2. The molecule has 1 heterocycles. The van der Waals surface area contributed by atoms with Crippen molar-refractivity contribution >= 4 is 52.5 Å². The molecule has 0 aliphatic rings. The SMILES string of the molecule is CC(C)OC(=O)Nc1ccc(-c2ncc(-c3ccc(NC(=O)Oc4ccc([N+](=O)[O-])cc4)cc3SNC(C)(C)C)s2)cc1. The molecule has 224 valence electrons. The molecule has 2 amide bonds. The van der Waals surface area contributed by atoms with Crippen LogP contribution in [0.1, 0.15) is 34.6 Å². The Balaban J connectivity index is 1.51. The van der Waals surface area contributed by atoms with Crippen molar-refractivity contribution in [3.05, 3.63) is 83.0 Å². The molecule has 3 N–H and O–H groups in total. The largest absolute Gasteiger partial charge is 0.447 e. The van der Waals surface area contributed by atoms with Gasteiger partial charge in [0.15, 0.2) is 0 Å². The third kappa shape index (κ3) is 9.26. The van der Waals surface area contributed by atoms with Crippen LogP contribution in [0.4, 0.5) is 26.7 Å². The lowest BCUT2D eigenvalue weighted by Gasteiger charge is -2.21. The van der Waals surface area contributed by atoms with Gasteiger partial charge < -0.3 is 9.47 Å². The summed E-state index contributed by atoms with van der Waals surface area (Å²) in [5, 5.41) is 17.1. The standard InChI is InChI=1S/C30H31N5O6S2/c1-18(2)40-28(36)32-20-8-6-19(7-9-20)27-31-17-26(42-27)24-15-10-21(16-25(24)43-34-30(3,4)5)33-29(37)41-23-13-11-22(12-14-23)35(38)39/h6-18,34H,1-5H3,(H,32,36)(H,33,37). The number of carbonyl (C=O) groups excluding carboxylic acids is 2. The first-order chi connectivity index (χ1) is 20.4. The van der Waals surface area contributed by atoms with Crippen LogP contribution < -0.4 is 20.1 Å². The lowest BCUT2D eigenvalue weighted by Crippen LogP contribution is -2.29. The fourth-order valence-corrected chi connectivity index (χ4v) is 5.49. The number of amides is 2. The van der Waals surface area contributed by atoms with E-state index in [0.29, 0.717) is 11.4 Å². The van der Waals surface area contributed by atoms with Crippen molar-refractivity contribution in [1.82, 2.24) is 9.71 Å². The smallest absolute Gasteiger partial charge is 0.417 e. The molecule has 0 aliphatic carbocycles. The maximum atomic E-state index is 12.5. The Kier molecular flexibility index (Phi) is 10.0. The fourth-order valence-electron chi connectivity index (χ4n) is 3.57. The van der Waals surface area contributed by atoms with Crippen LogP contribution >= 0.6 is 23.3 Å². The number of anilines is 2. The second-order valence-electron chi connectivity index (χ2n) is 10.6. The van der Waals surface area contributed by atoms with E-state index in [-0.39, 0.29) is 23.1 Å². The number of nitrogens with zero attached hydrogens (tertiary/aromatic N) is 2. The number of nitro benzene ring substituents is 1. The number of hydrogen-bond donors (Lipinski definition) is 3. The maximum absolute atomic E-state index is 12.5. The number of non-ortho nitro benzene ring substituents is 1. The zero-order chi connectivity index (χ0) is 31.1. The Labute approximate surface area is 257 Å². The molecule has 43 heavy (non-hydrogen) atoms. The number of nitrogens with one attached hydrogen (secondary N) is 3. The van der Waals surface area contributed by atoms with Gasteiger partial charge in [-0.05, 0) is 95.1 Å². The number of aromatic nitrogens is 1. The lowest BCUT2D eigenvalue weighted by atomic mass is 10.1. The van der Waals surface area contributed by atoms with Gasteiger partial charge in [0.05, 0.1) is 15.9 Å². The highest BCUT2D eigenvalue weighted by atomic mass is 32.2. The summed E-state index contributed by atoms with van der Waals surface area (Å²) in [6, 6.07) is 18.1. The Hall–Kier alpha value is -4.46. The summed E-state index contributed by atoms with van der Waals surface area (Å²) >= 11 is 2.95. The highest BCUT2D eigenvalue weighted by Gasteiger charge is 2.17. The summed E-state index contributed by atoms with van der Waals surface area (Å²) in [5.74, 6) is 0.181. The molecule has 0 fully saturated rings. The molecule has 3 aromatic carbocycles. The fraction of sp³-hybridized carbons (Fsp3) is 0.233. The molecule has 11 nitrogen and oxygen atoms in total. The zero-order valence-corrected chi connectivity index (χ0v) is 25.8. The van der Waals surface area contributed by atoms with E-state index in [1.165, 1.54) is 47.6 Å². The zero-order valence-electron chi connectivity index (χ0n) is 24.2. The van der Waals surface area contributed by atoms with Gasteiger partial charge in [-0.1, -0.05) is 6.07 Å². The number of carbonyl (C=O) groups is 2. The van der Waals surface area contributed by atoms with Crippen molar-refractivity contribution in [2.75, 3.05) is 10.6 Å². The van der Waals surface area contributed by atoms with Crippen LogP contribution in [0.3, 0.4) is 0 Å². The monoisotopic (exact) mass is 621 g/mol. The second kappa shape index (κ2) is 13.7. The molecule has 0 atom stereocenters. The van der Waals surface area contributed by atoms with Crippen LogP contribution in [0, 0.1) is 10.1 Å². The van der Waals surface area contributed by atoms with Crippen LogP contribution in [-0.2, 0) is 4.74 Å². The number of nitro groups is 1. The highest BCUT2D eigenvalue weighted by Crippen LogP contribution is 2.39. The summed E-state index contributed by atoms with van der Waals surface area (Å²) in [6.07, 6.45) is 0.358. The molecule has 0 aliphatic heterocycles. The minimum Gasteiger partial charge on any atom is -0.447 e. The molecule has 0 radical (unpaired) electrons. The molecule has 4 rings (SSSR count). The first-order valence-electron chi connectivity index (χ1n) is 13.2. The van der Waals surface area contributed by atoms with Crippen molar-refractivity contribution in [2.45, 2.75) is 51.2 Å². The summed E-state index contributed by atoms with van der Waals surface area (Å²) in [6.45, 7) is 9.72. The van der Waals surface area contributed by atoms with Gasteiger partial charge in [-0.2, -0.15) is 0 Å². The normalized spacial score (nSPS) is 11.2. The van der Waals surface area contributed by atoms with Gasteiger partial charge in [0.1, 0.15) is 10.8 Å². The van der Waals surface area contributed by atoms with Gasteiger partial charge in [0.25, 0.3) is 5.69 Å². The van der Waals surface area contributed by atoms with E-state index in [1.807, 2.05) is 24.3 Å². The van der Waals surface area contributed by atoms with E-state index in [4.69, 9.17) is 9.47 Å². The molecule has 0 saturated carbocycles. The van der Waals surface area contributed by atoms with E-state index in [9.17, 15) is 19.7 Å². The number of hydrogen-bond acceptors (Lipinski definition) is 10. The van der Waals surface area contributed by atoms with Crippen molar-refractivity contribution in [1.29, 1.82) is 0 Å². The average molecular weight is 622 g/mol. The molecular weight excluding hydrogens is 590 g/mol. The van der Waals surface area contributed by atoms with Crippen LogP contribution in [0.15, 0.2) is 77.8 Å². The summed E-state index contributed by atoms with van der Waals surface area (Å²) in [5.41, 5.74) is 2.67. The predicted molar refractivity (Wildman–Crippen MR) is 170 cm³/mol. The van der Waals surface area contributed by atoms with Crippen molar-refractivity contribution in [3.63, 3.8) is 0 Å². The van der Waals surface area contributed by atoms with Gasteiger partial charge >= 0.3 is 12.2 Å². The first kappa shape index (κ1) is 31.5. The Bertz CT molecular complexity index is 1600. The van der Waals surface area contributed by atoms with Gasteiger partial charge in [-0.15, -0.1) is 11.3 Å². The van der Waals surface area contributed by atoms with Crippen LogP contribution in [0.2, 0.25) is 0 Å². The molecule has 1 aromatic heterocycles. The van der Waals surface area contributed by atoms with E-state index in [2.05, 4.69) is 41.1 Å². The van der Waals surface area contributed by atoms with E-state index >= 15 is 0 Å². The van der Waals surface area contributed by atoms with E-state index in [0.717, 1.165) is 25.9 Å². The maximum Gasteiger partial charge on any atom is 0.417 e. The third-order valence-corrected chi connectivity index (χ3v) is 7.80. The lowest BCUT2D eigenvalue weighted by molar-refractivity contribution is -0.384. The van der Waals surface area contributed by atoms with Crippen molar-refractivity contribution < 1.29 is 24.0 Å². The number of thiazole rings is 1. The van der Waals surface area contributed by atoms with Crippen LogP contribution in [0.5, 0.6) is 5.75 Å². The molecule has 0 bridgehead atoms. The minimum absolute atomic E-state index is 0.0969. The molecule has 0 saturated heterocycles. The molecular formula is C30H31N5O6S2. The molecule has 13 heteroatoms. The summed E-state index contributed by atoms with van der Waals surface area (Å²) in [7, 11) is 0. The van der Waals surface area contributed by atoms with Crippen molar-refractivity contribution in [2.24, 2.45) is 0 Å². The third-order valence-electron chi connectivity index (χ3n) is 5.45. The van der Waals surface area contributed by atoms with Gasteiger partial charge in [-0.25, -0.2) is 14.6 Å². The quantitative estimate of drug-likeness (QED) is 0.0953. The second-order valence-corrected chi connectivity index (χ2v) is 12.5. The number of rotatable bonds is 9. The van der Waals surface area contributed by atoms with Gasteiger partial charge in [0.2, 0.25) is 0 Å². The van der Waals surface area contributed by atoms with Crippen LogP contribution in [0.25, 0.3) is 21.0 Å². The average Bonchev–Trinajstić information content (AvgIpc) is 3.42. The minimum atomic E-state index is -0.725. The Morgan fingerprint density at radius 3 is 2.23 bits per heavy atom. The highest BCUT2D eigenvalue weighted by molar-refractivity contribution is 7.97. The predicted octanol–water partition coefficient (Wildman–Crippen LogP) is 8.35. The van der Waals surface area contributed by atoms with E-state index < -0.39 is 17.1 Å². The topological polar surface area (TPSA) is 145 Å². The number of benzene rings is 3. The van der Waals surface area contributed by atoms with Crippen molar-refractivity contribution in [3.8, 4) is 26.8 Å². The van der Waals surface area contributed by atoms with Crippen LogP contribution in [-0.4, -0.2) is 33.7 Å². The summed E-state index contributed by atoms with van der Waals surface area (Å²) < 4.78 is 13.8. The van der Waals surface area contributed by atoms with Gasteiger partial charge in [0, 0.05) is 51.3 Å². The molecule has 0 spiro atoms.